The quantitative estimate of drug-likeness (QED) is 0.656. The number of alkyl halides is 1. The van der Waals surface area contributed by atoms with Crippen LogP contribution in [0.3, 0.4) is 0 Å². The van der Waals surface area contributed by atoms with Crippen LogP contribution in [0.4, 0.5) is 0 Å². The van der Waals surface area contributed by atoms with E-state index in [9.17, 15) is 0 Å². The van der Waals surface area contributed by atoms with Gasteiger partial charge in [-0.05, 0) is 32.6 Å². The van der Waals surface area contributed by atoms with E-state index in [0.29, 0.717) is 11.6 Å². The minimum atomic E-state index is 0.302. The average Bonchev–Trinajstić information content (AvgIpc) is 1.97. The summed E-state index contributed by atoms with van der Waals surface area (Å²) in [6.45, 7) is 4.49. The molecule has 1 aliphatic carbocycles. The molecular formula is C10H20ClN. The Morgan fingerprint density at radius 1 is 1.50 bits per heavy atom. The highest BCUT2D eigenvalue weighted by atomic mass is 35.5. The Labute approximate surface area is 80.9 Å². The summed E-state index contributed by atoms with van der Waals surface area (Å²) < 4.78 is 0. The van der Waals surface area contributed by atoms with Crippen LogP contribution in [-0.4, -0.2) is 17.5 Å². The maximum atomic E-state index is 5.94. The van der Waals surface area contributed by atoms with Crippen LogP contribution in [0.25, 0.3) is 0 Å². The van der Waals surface area contributed by atoms with Crippen molar-refractivity contribution in [2.45, 2.75) is 57.5 Å². The van der Waals surface area contributed by atoms with Crippen molar-refractivity contribution in [2.24, 2.45) is 0 Å². The molecule has 0 heterocycles. The minimum absolute atomic E-state index is 0.302. The Kier molecular flexibility index (Phi) is 3.85. The second-order valence-corrected chi connectivity index (χ2v) is 4.37. The molecule has 12 heavy (non-hydrogen) atoms. The summed E-state index contributed by atoms with van der Waals surface area (Å²) in [6, 6.07) is 0.633. The van der Waals surface area contributed by atoms with E-state index in [-0.39, 0.29) is 0 Å². The molecule has 72 valence electrons. The van der Waals surface area contributed by atoms with E-state index in [1.807, 2.05) is 0 Å². The third-order valence-electron chi connectivity index (χ3n) is 2.84. The molecule has 1 saturated carbocycles. The molecule has 1 atom stereocenters. The standard InChI is InChI=1S/C10H20ClN/c1-3-5-9(2)12-10(8-11)6-4-7-10/h9,12H,3-8H2,1-2H3. The van der Waals surface area contributed by atoms with Crippen molar-refractivity contribution in [3.63, 3.8) is 0 Å². The number of hydrogen-bond donors (Lipinski definition) is 1. The first kappa shape index (κ1) is 10.3. The van der Waals surface area contributed by atoms with Crippen molar-refractivity contribution in [1.82, 2.24) is 5.32 Å². The summed E-state index contributed by atoms with van der Waals surface area (Å²) in [5, 5.41) is 3.65. The van der Waals surface area contributed by atoms with Crippen molar-refractivity contribution in [1.29, 1.82) is 0 Å². The van der Waals surface area contributed by atoms with Crippen molar-refractivity contribution >= 4 is 11.6 Å². The van der Waals surface area contributed by atoms with Gasteiger partial charge in [0.05, 0.1) is 0 Å². The summed E-state index contributed by atoms with van der Waals surface area (Å²) >= 11 is 5.94. The van der Waals surface area contributed by atoms with Crippen LogP contribution in [0.1, 0.15) is 46.0 Å². The lowest BCUT2D eigenvalue weighted by molar-refractivity contribution is 0.189. The highest BCUT2D eigenvalue weighted by molar-refractivity contribution is 6.18. The van der Waals surface area contributed by atoms with Crippen LogP contribution in [0.15, 0.2) is 0 Å². The Morgan fingerprint density at radius 3 is 2.50 bits per heavy atom. The second-order valence-electron chi connectivity index (χ2n) is 4.10. The molecule has 1 N–H and O–H groups in total. The number of nitrogens with one attached hydrogen (secondary N) is 1. The second kappa shape index (κ2) is 4.48. The molecule has 0 amide bonds. The molecule has 0 radical (unpaired) electrons. The maximum Gasteiger partial charge on any atom is 0.0406 e. The van der Waals surface area contributed by atoms with Crippen LogP contribution >= 0.6 is 11.6 Å². The van der Waals surface area contributed by atoms with Gasteiger partial charge in [-0.3, -0.25) is 0 Å². The fourth-order valence-corrected chi connectivity index (χ4v) is 2.29. The molecule has 1 rings (SSSR count). The first-order valence-electron chi connectivity index (χ1n) is 5.06. The number of hydrogen-bond acceptors (Lipinski definition) is 1. The van der Waals surface area contributed by atoms with E-state index in [1.54, 1.807) is 0 Å². The van der Waals surface area contributed by atoms with Gasteiger partial charge in [-0.15, -0.1) is 11.6 Å². The Morgan fingerprint density at radius 2 is 2.17 bits per heavy atom. The van der Waals surface area contributed by atoms with Crippen LogP contribution in [-0.2, 0) is 0 Å². The lowest BCUT2D eigenvalue weighted by atomic mass is 9.77. The SMILES string of the molecule is CCCC(C)NC1(CCl)CCC1. The smallest absolute Gasteiger partial charge is 0.0406 e. The monoisotopic (exact) mass is 189 g/mol. The fourth-order valence-electron chi connectivity index (χ4n) is 1.95. The summed E-state index contributed by atoms with van der Waals surface area (Å²) in [7, 11) is 0. The summed E-state index contributed by atoms with van der Waals surface area (Å²) in [5.74, 6) is 0.779. The van der Waals surface area contributed by atoms with E-state index in [4.69, 9.17) is 11.6 Å². The van der Waals surface area contributed by atoms with Gasteiger partial charge < -0.3 is 5.32 Å². The van der Waals surface area contributed by atoms with E-state index in [1.165, 1.54) is 32.1 Å². The zero-order chi connectivity index (χ0) is 9.03. The zero-order valence-corrected chi connectivity index (χ0v) is 8.95. The molecule has 2 heteroatoms. The normalized spacial score (nSPS) is 23.2. The van der Waals surface area contributed by atoms with Gasteiger partial charge in [-0.25, -0.2) is 0 Å². The maximum absolute atomic E-state index is 5.94. The number of rotatable bonds is 5. The van der Waals surface area contributed by atoms with Crippen molar-refractivity contribution in [3.8, 4) is 0 Å². The molecule has 1 fully saturated rings. The van der Waals surface area contributed by atoms with Crippen molar-refractivity contribution < 1.29 is 0 Å². The highest BCUT2D eigenvalue weighted by Crippen LogP contribution is 2.33. The van der Waals surface area contributed by atoms with Gasteiger partial charge in [-0.2, -0.15) is 0 Å². The Bertz CT molecular complexity index is 126. The summed E-state index contributed by atoms with van der Waals surface area (Å²) in [6.07, 6.45) is 6.40. The third kappa shape index (κ3) is 2.37. The molecule has 1 aliphatic rings. The van der Waals surface area contributed by atoms with Gasteiger partial charge >= 0.3 is 0 Å². The molecule has 1 nitrogen and oxygen atoms in total. The molecule has 0 aromatic rings. The molecular weight excluding hydrogens is 170 g/mol. The average molecular weight is 190 g/mol. The fraction of sp³-hybridized carbons (Fsp3) is 1.00. The number of halogens is 1. The molecule has 0 aromatic carbocycles. The molecule has 0 aliphatic heterocycles. The predicted octanol–water partition coefficient (Wildman–Crippen LogP) is 2.93. The Hall–Kier alpha value is 0.250. The van der Waals surface area contributed by atoms with Crippen molar-refractivity contribution in [2.75, 3.05) is 5.88 Å². The van der Waals surface area contributed by atoms with Crippen LogP contribution < -0.4 is 5.32 Å². The first-order chi connectivity index (χ1) is 5.72. The third-order valence-corrected chi connectivity index (χ3v) is 3.35. The van der Waals surface area contributed by atoms with Crippen molar-refractivity contribution in [3.05, 3.63) is 0 Å². The van der Waals surface area contributed by atoms with Crippen LogP contribution in [0, 0.1) is 0 Å². The highest BCUT2D eigenvalue weighted by Gasteiger charge is 2.36. The lowest BCUT2D eigenvalue weighted by Crippen LogP contribution is -2.55. The van der Waals surface area contributed by atoms with E-state index in [0.717, 1.165) is 5.88 Å². The van der Waals surface area contributed by atoms with Gasteiger partial charge in [-0.1, -0.05) is 13.3 Å². The van der Waals surface area contributed by atoms with Crippen LogP contribution in [0.2, 0.25) is 0 Å². The molecule has 0 bridgehead atoms. The van der Waals surface area contributed by atoms with E-state index in [2.05, 4.69) is 19.2 Å². The lowest BCUT2D eigenvalue weighted by Gasteiger charge is -2.43. The van der Waals surface area contributed by atoms with Gasteiger partial charge in [0.1, 0.15) is 0 Å². The molecule has 1 unspecified atom stereocenters. The van der Waals surface area contributed by atoms with E-state index < -0.39 is 0 Å². The van der Waals surface area contributed by atoms with E-state index >= 15 is 0 Å². The Balaban J connectivity index is 2.27. The largest absolute Gasteiger partial charge is 0.308 e. The molecule has 0 spiro atoms. The zero-order valence-electron chi connectivity index (χ0n) is 8.20. The molecule has 0 saturated heterocycles. The topological polar surface area (TPSA) is 12.0 Å². The van der Waals surface area contributed by atoms with Gasteiger partial charge in [0.15, 0.2) is 0 Å². The molecule has 0 aromatic heterocycles. The summed E-state index contributed by atoms with van der Waals surface area (Å²) in [5.41, 5.74) is 0.302. The van der Waals surface area contributed by atoms with Crippen LogP contribution in [0.5, 0.6) is 0 Å². The minimum Gasteiger partial charge on any atom is -0.308 e. The summed E-state index contributed by atoms with van der Waals surface area (Å²) in [4.78, 5) is 0. The van der Waals surface area contributed by atoms with Gasteiger partial charge in [0, 0.05) is 17.5 Å². The van der Waals surface area contributed by atoms with Gasteiger partial charge in [0.2, 0.25) is 0 Å². The van der Waals surface area contributed by atoms with Gasteiger partial charge in [0.25, 0.3) is 0 Å². The first-order valence-corrected chi connectivity index (χ1v) is 5.59. The predicted molar refractivity (Wildman–Crippen MR) is 54.8 cm³/mol.